The second-order valence-corrected chi connectivity index (χ2v) is 4.71. The summed E-state index contributed by atoms with van der Waals surface area (Å²) in [6.07, 6.45) is 3.47. The molecule has 1 aromatic heterocycles. The molecule has 0 fully saturated rings. The van der Waals surface area contributed by atoms with Gasteiger partial charge in [-0.15, -0.1) is 0 Å². The third-order valence-corrected chi connectivity index (χ3v) is 3.23. The van der Waals surface area contributed by atoms with Gasteiger partial charge in [0.05, 0.1) is 11.4 Å². The Labute approximate surface area is 111 Å². The summed E-state index contributed by atoms with van der Waals surface area (Å²) in [6.45, 7) is 11.3. The fraction of sp³-hybridized carbons (Fsp3) is 0.786. The molecule has 1 rings (SSSR count). The summed E-state index contributed by atoms with van der Waals surface area (Å²) in [5.41, 5.74) is 8.20. The fourth-order valence-electron chi connectivity index (χ4n) is 2.15. The van der Waals surface area contributed by atoms with Gasteiger partial charge in [0.15, 0.2) is 0 Å². The summed E-state index contributed by atoms with van der Waals surface area (Å²) >= 11 is 0. The van der Waals surface area contributed by atoms with E-state index < -0.39 is 0 Å². The SMILES string of the molecule is CCCCN(CCN)Cc1cc(CC)nn1CC. The maximum absolute atomic E-state index is 5.69. The third kappa shape index (κ3) is 4.42. The Morgan fingerprint density at radius 2 is 2.06 bits per heavy atom. The standard InChI is InChI=1S/C14H28N4/c1-4-7-9-17(10-8-15)12-14-11-13(5-2)16-18(14)6-3/h11H,4-10,12,15H2,1-3H3. The van der Waals surface area contributed by atoms with Gasteiger partial charge in [0, 0.05) is 26.2 Å². The van der Waals surface area contributed by atoms with Crippen LogP contribution >= 0.6 is 0 Å². The molecule has 0 aliphatic heterocycles. The molecule has 4 nitrogen and oxygen atoms in total. The Bertz CT molecular complexity index is 333. The second kappa shape index (κ2) is 8.27. The zero-order valence-corrected chi connectivity index (χ0v) is 12.2. The number of hydrogen-bond donors (Lipinski definition) is 1. The molecule has 0 amide bonds. The van der Waals surface area contributed by atoms with Gasteiger partial charge in [0.2, 0.25) is 0 Å². The van der Waals surface area contributed by atoms with Crippen LogP contribution in [0.1, 0.15) is 45.0 Å². The van der Waals surface area contributed by atoms with Crippen LogP contribution < -0.4 is 5.73 Å². The summed E-state index contributed by atoms with van der Waals surface area (Å²) in [6, 6.07) is 2.24. The highest BCUT2D eigenvalue weighted by atomic mass is 15.3. The summed E-state index contributed by atoms with van der Waals surface area (Å²) < 4.78 is 2.12. The van der Waals surface area contributed by atoms with E-state index in [-0.39, 0.29) is 0 Å². The lowest BCUT2D eigenvalue weighted by Crippen LogP contribution is -2.31. The summed E-state index contributed by atoms with van der Waals surface area (Å²) in [4.78, 5) is 2.44. The minimum absolute atomic E-state index is 0.727. The van der Waals surface area contributed by atoms with Crippen molar-refractivity contribution in [2.45, 2.75) is 53.1 Å². The van der Waals surface area contributed by atoms with Crippen LogP contribution in [0.5, 0.6) is 0 Å². The lowest BCUT2D eigenvalue weighted by Gasteiger charge is -2.21. The first-order valence-corrected chi connectivity index (χ1v) is 7.23. The Morgan fingerprint density at radius 3 is 2.61 bits per heavy atom. The molecule has 4 heteroatoms. The monoisotopic (exact) mass is 252 g/mol. The van der Waals surface area contributed by atoms with E-state index in [2.05, 4.69) is 41.5 Å². The molecule has 0 radical (unpaired) electrons. The molecule has 0 bridgehead atoms. The number of nitrogens with two attached hydrogens (primary N) is 1. The van der Waals surface area contributed by atoms with Crippen molar-refractivity contribution in [2.24, 2.45) is 5.73 Å². The highest BCUT2D eigenvalue weighted by Gasteiger charge is 2.10. The van der Waals surface area contributed by atoms with Crippen molar-refractivity contribution in [1.82, 2.24) is 14.7 Å². The van der Waals surface area contributed by atoms with Crippen molar-refractivity contribution in [2.75, 3.05) is 19.6 Å². The number of aryl methyl sites for hydroxylation is 2. The molecule has 2 N–H and O–H groups in total. The van der Waals surface area contributed by atoms with E-state index in [1.54, 1.807) is 0 Å². The number of rotatable bonds is 9. The van der Waals surface area contributed by atoms with Gasteiger partial charge in [-0.2, -0.15) is 5.10 Å². The van der Waals surface area contributed by atoms with Crippen molar-refractivity contribution in [3.8, 4) is 0 Å². The Balaban J connectivity index is 2.68. The van der Waals surface area contributed by atoms with E-state index in [0.29, 0.717) is 0 Å². The van der Waals surface area contributed by atoms with Gasteiger partial charge >= 0.3 is 0 Å². The van der Waals surface area contributed by atoms with Crippen molar-refractivity contribution in [1.29, 1.82) is 0 Å². The Morgan fingerprint density at radius 1 is 1.28 bits per heavy atom. The van der Waals surface area contributed by atoms with Gasteiger partial charge in [0.1, 0.15) is 0 Å². The minimum atomic E-state index is 0.727. The van der Waals surface area contributed by atoms with Gasteiger partial charge in [-0.05, 0) is 32.4 Å². The first kappa shape index (κ1) is 15.2. The number of aromatic nitrogens is 2. The molecule has 0 aliphatic rings. The van der Waals surface area contributed by atoms with E-state index in [9.17, 15) is 0 Å². The van der Waals surface area contributed by atoms with Gasteiger partial charge in [-0.25, -0.2) is 0 Å². The zero-order valence-electron chi connectivity index (χ0n) is 12.2. The molecular formula is C14H28N4. The molecule has 0 atom stereocenters. The highest BCUT2D eigenvalue weighted by Crippen LogP contribution is 2.09. The smallest absolute Gasteiger partial charge is 0.0625 e. The molecule has 1 heterocycles. The van der Waals surface area contributed by atoms with Crippen molar-refractivity contribution >= 4 is 0 Å². The molecule has 0 spiro atoms. The number of nitrogens with zero attached hydrogens (tertiary/aromatic N) is 3. The maximum atomic E-state index is 5.69. The van der Waals surface area contributed by atoms with Crippen LogP contribution in [-0.4, -0.2) is 34.3 Å². The van der Waals surface area contributed by atoms with Crippen molar-refractivity contribution in [3.05, 3.63) is 17.5 Å². The van der Waals surface area contributed by atoms with E-state index in [1.165, 1.54) is 24.2 Å². The topological polar surface area (TPSA) is 47.1 Å². The van der Waals surface area contributed by atoms with E-state index >= 15 is 0 Å². The van der Waals surface area contributed by atoms with Crippen LogP contribution in [0, 0.1) is 0 Å². The summed E-state index contributed by atoms with van der Waals surface area (Å²) in [5.74, 6) is 0. The number of unbranched alkanes of at least 4 members (excludes halogenated alkanes) is 1. The molecule has 0 aromatic carbocycles. The second-order valence-electron chi connectivity index (χ2n) is 4.71. The first-order chi connectivity index (χ1) is 8.74. The molecule has 1 aromatic rings. The van der Waals surface area contributed by atoms with Gasteiger partial charge in [-0.1, -0.05) is 20.3 Å². The van der Waals surface area contributed by atoms with Crippen LogP contribution in [0.2, 0.25) is 0 Å². The van der Waals surface area contributed by atoms with E-state index in [1.807, 2.05) is 0 Å². The quantitative estimate of drug-likeness (QED) is 0.731. The predicted molar refractivity (Wildman–Crippen MR) is 76.5 cm³/mol. The maximum Gasteiger partial charge on any atom is 0.0625 e. The lowest BCUT2D eigenvalue weighted by molar-refractivity contribution is 0.260. The minimum Gasteiger partial charge on any atom is -0.329 e. The average Bonchev–Trinajstić information content (AvgIpc) is 2.78. The average molecular weight is 252 g/mol. The fourth-order valence-corrected chi connectivity index (χ4v) is 2.15. The molecular weight excluding hydrogens is 224 g/mol. The molecule has 0 saturated heterocycles. The predicted octanol–water partition coefficient (Wildman–Crippen LogP) is 2.03. The molecule has 0 saturated carbocycles. The Kier molecular flexibility index (Phi) is 6.98. The van der Waals surface area contributed by atoms with E-state index in [0.717, 1.165) is 39.1 Å². The molecule has 18 heavy (non-hydrogen) atoms. The van der Waals surface area contributed by atoms with Crippen LogP contribution in [0.15, 0.2) is 6.07 Å². The molecule has 104 valence electrons. The van der Waals surface area contributed by atoms with Crippen LogP contribution in [0.3, 0.4) is 0 Å². The summed E-state index contributed by atoms with van der Waals surface area (Å²) in [7, 11) is 0. The Hall–Kier alpha value is -0.870. The van der Waals surface area contributed by atoms with Gasteiger partial charge in [-0.3, -0.25) is 9.58 Å². The first-order valence-electron chi connectivity index (χ1n) is 7.23. The number of hydrogen-bond acceptors (Lipinski definition) is 3. The van der Waals surface area contributed by atoms with Gasteiger partial charge < -0.3 is 5.73 Å². The highest BCUT2D eigenvalue weighted by molar-refractivity contribution is 5.10. The largest absolute Gasteiger partial charge is 0.329 e. The zero-order chi connectivity index (χ0) is 13.4. The third-order valence-electron chi connectivity index (χ3n) is 3.23. The van der Waals surface area contributed by atoms with Gasteiger partial charge in [0.25, 0.3) is 0 Å². The van der Waals surface area contributed by atoms with Crippen LogP contribution in [0.4, 0.5) is 0 Å². The molecule has 0 unspecified atom stereocenters. The van der Waals surface area contributed by atoms with E-state index in [4.69, 9.17) is 5.73 Å². The normalized spacial score (nSPS) is 11.4. The van der Waals surface area contributed by atoms with Crippen LogP contribution in [-0.2, 0) is 19.5 Å². The molecule has 0 aliphatic carbocycles. The summed E-state index contributed by atoms with van der Waals surface area (Å²) in [5, 5.41) is 4.60. The van der Waals surface area contributed by atoms with Crippen LogP contribution in [0.25, 0.3) is 0 Å². The lowest BCUT2D eigenvalue weighted by atomic mass is 10.2. The van der Waals surface area contributed by atoms with Crippen molar-refractivity contribution in [3.63, 3.8) is 0 Å². The van der Waals surface area contributed by atoms with Crippen molar-refractivity contribution < 1.29 is 0 Å².